The van der Waals surface area contributed by atoms with Gasteiger partial charge in [0.1, 0.15) is 11.7 Å². The van der Waals surface area contributed by atoms with Crippen LogP contribution in [-0.2, 0) is 14.3 Å². The molecule has 1 aliphatic heterocycles. The molecule has 0 aromatic carbocycles. The van der Waals surface area contributed by atoms with Gasteiger partial charge in [-0.05, 0) is 46.5 Å². The van der Waals surface area contributed by atoms with Crippen LogP contribution in [0.25, 0.3) is 0 Å². The van der Waals surface area contributed by atoms with Gasteiger partial charge in [-0.2, -0.15) is 0 Å². The first-order valence-electron chi connectivity index (χ1n) is 12.2. The fraction of sp³-hybridized carbons (Fsp3) is 0.917. The summed E-state index contributed by atoms with van der Waals surface area (Å²) in [6.07, 6.45) is 13.3. The molecular formula is C24H45IN2O4. The summed E-state index contributed by atoms with van der Waals surface area (Å²) in [7, 11) is 2.09. The fourth-order valence-electron chi connectivity index (χ4n) is 4.39. The number of carbonyl (C=O) groups excluding carboxylic acids is 2. The lowest BCUT2D eigenvalue weighted by atomic mass is 9.99. The molecule has 31 heavy (non-hydrogen) atoms. The van der Waals surface area contributed by atoms with E-state index in [1.54, 1.807) is 4.90 Å². The van der Waals surface area contributed by atoms with E-state index >= 15 is 0 Å². The number of halogens is 1. The zero-order valence-electron chi connectivity index (χ0n) is 20.3. The first-order valence-corrected chi connectivity index (χ1v) is 12.2. The molecule has 1 saturated heterocycles. The SMILES string of the molecule is CC(C)(C)OC(=O)N1CC[N+](C)(CC(=O)OC2CCCCCCCCCCC2)CC1.[I-]. The molecule has 0 atom stereocenters. The maximum atomic E-state index is 12.7. The van der Waals surface area contributed by atoms with Gasteiger partial charge in [-0.25, -0.2) is 9.59 Å². The molecular weight excluding hydrogens is 507 g/mol. The summed E-state index contributed by atoms with van der Waals surface area (Å²) >= 11 is 0. The highest BCUT2D eigenvalue weighted by Crippen LogP contribution is 2.20. The fourth-order valence-corrected chi connectivity index (χ4v) is 4.39. The van der Waals surface area contributed by atoms with E-state index in [9.17, 15) is 9.59 Å². The van der Waals surface area contributed by atoms with Gasteiger partial charge in [-0.3, -0.25) is 4.90 Å². The van der Waals surface area contributed by atoms with E-state index in [0.717, 1.165) is 38.8 Å². The van der Waals surface area contributed by atoms with Crippen LogP contribution in [0, 0.1) is 0 Å². The maximum absolute atomic E-state index is 12.7. The number of nitrogens with zero attached hydrogens (tertiary/aromatic N) is 2. The third-order valence-corrected chi connectivity index (χ3v) is 6.33. The van der Waals surface area contributed by atoms with E-state index in [4.69, 9.17) is 9.47 Å². The minimum Gasteiger partial charge on any atom is -1.00 e. The smallest absolute Gasteiger partial charge is 0.410 e. The minimum atomic E-state index is -0.482. The molecule has 1 saturated carbocycles. The van der Waals surface area contributed by atoms with Gasteiger partial charge in [0.25, 0.3) is 0 Å². The highest BCUT2D eigenvalue weighted by Gasteiger charge is 2.35. The van der Waals surface area contributed by atoms with Gasteiger partial charge >= 0.3 is 12.1 Å². The molecule has 7 heteroatoms. The van der Waals surface area contributed by atoms with Crippen LogP contribution in [0.4, 0.5) is 4.79 Å². The molecule has 1 heterocycles. The van der Waals surface area contributed by atoms with Crippen molar-refractivity contribution in [1.29, 1.82) is 0 Å². The van der Waals surface area contributed by atoms with E-state index in [0.29, 0.717) is 24.1 Å². The Bertz CT molecular complexity index is 530. The molecule has 6 nitrogen and oxygen atoms in total. The Hall–Kier alpha value is -0.570. The second kappa shape index (κ2) is 13.9. The van der Waals surface area contributed by atoms with Crippen molar-refractivity contribution in [2.75, 3.05) is 39.8 Å². The van der Waals surface area contributed by atoms with Crippen LogP contribution in [0.2, 0.25) is 0 Å². The molecule has 1 aliphatic carbocycles. The van der Waals surface area contributed by atoms with E-state index < -0.39 is 5.60 Å². The third-order valence-electron chi connectivity index (χ3n) is 6.33. The van der Waals surface area contributed by atoms with Crippen molar-refractivity contribution in [2.24, 2.45) is 0 Å². The number of hydrogen-bond donors (Lipinski definition) is 0. The molecule has 0 bridgehead atoms. The zero-order valence-corrected chi connectivity index (χ0v) is 22.5. The summed E-state index contributed by atoms with van der Waals surface area (Å²) in [6, 6.07) is 0. The summed E-state index contributed by atoms with van der Waals surface area (Å²) in [5.74, 6) is -0.0830. The van der Waals surface area contributed by atoms with Crippen LogP contribution in [-0.4, -0.2) is 72.9 Å². The lowest BCUT2D eigenvalue weighted by Gasteiger charge is -2.41. The highest BCUT2D eigenvalue weighted by atomic mass is 127. The summed E-state index contributed by atoms with van der Waals surface area (Å²) < 4.78 is 12.0. The van der Waals surface area contributed by atoms with Gasteiger partial charge in [0.2, 0.25) is 0 Å². The molecule has 0 spiro atoms. The predicted molar refractivity (Wildman–Crippen MR) is 119 cm³/mol. The number of likely N-dealkylation sites (N-methyl/N-ethyl adjacent to an activating group) is 1. The number of carbonyl (C=O) groups is 2. The van der Waals surface area contributed by atoms with Crippen LogP contribution in [0.5, 0.6) is 0 Å². The van der Waals surface area contributed by atoms with Crippen LogP contribution in [0.15, 0.2) is 0 Å². The first-order chi connectivity index (χ1) is 14.2. The number of piperazine rings is 1. The summed E-state index contributed by atoms with van der Waals surface area (Å²) in [5, 5.41) is 0. The van der Waals surface area contributed by atoms with Crippen molar-refractivity contribution in [1.82, 2.24) is 4.90 Å². The van der Waals surface area contributed by atoms with Gasteiger partial charge < -0.3 is 37.9 Å². The minimum absolute atomic E-state index is 0. The Morgan fingerprint density at radius 1 is 0.871 bits per heavy atom. The van der Waals surface area contributed by atoms with Gasteiger partial charge in [-0.1, -0.05) is 44.9 Å². The largest absolute Gasteiger partial charge is 1.00 e. The Morgan fingerprint density at radius 2 is 1.32 bits per heavy atom. The average molecular weight is 553 g/mol. The number of rotatable bonds is 3. The second-order valence-corrected chi connectivity index (χ2v) is 10.6. The Kier molecular flexibility index (Phi) is 12.7. The highest BCUT2D eigenvalue weighted by molar-refractivity contribution is 5.71. The van der Waals surface area contributed by atoms with Crippen molar-refractivity contribution in [3.63, 3.8) is 0 Å². The van der Waals surface area contributed by atoms with Crippen molar-refractivity contribution in [3.8, 4) is 0 Å². The Labute approximate surface area is 207 Å². The molecule has 0 aromatic rings. The Balaban J connectivity index is 0.00000480. The average Bonchev–Trinajstić information content (AvgIpc) is 2.62. The van der Waals surface area contributed by atoms with Gasteiger partial charge in [0.15, 0.2) is 6.54 Å². The number of hydrogen-bond acceptors (Lipinski definition) is 4. The van der Waals surface area contributed by atoms with Crippen molar-refractivity contribution < 1.29 is 47.5 Å². The predicted octanol–water partition coefficient (Wildman–Crippen LogP) is 1.90. The third kappa shape index (κ3) is 11.7. The van der Waals surface area contributed by atoms with Crippen LogP contribution >= 0.6 is 0 Å². The number of quaternary nitrogens is 1. The van der Waals surface area contributed by atoms with E-state index in [2.05, 4.69) is 7.05 Å². The topological polar surface area (TPSA) is 55.8 Å². The first kappa shape index (κ1) is 28.5. The lowest BCUT2D eigenvalue weighted by Crippen LogP contribution is -3.00. The molecule has 2 aliphatic rings. The van der Waals surface area contributed by atoms with Crippen LogP contribution in [0.3, 0.4) is 0 Å². The molecule has 0 aromatic heterocycles. The summed E-state index contributed by atoms with van der Waals surface area (Å²) in [4.78, 5) is 26.7. The molecule has 2 rings (SSSR count). The van der Waals surface area contributed by atoms with E-state index in [-0.39, 0.29) is 42.1 Å². The standard InChI is InChI=1S/C24H45N2O4.HI/c1-24(2,3)30-23(28)25-16-18-26(4,19-17-25)20-22(27)29-21-14-12-10-8-6-5-7-9-11-13-15-21;/h21H,5-20H2,1-4H3;1H/q+1;/p-1. The molecule has 0 unspecified atom stereocenters. The van der Waals surface area contributed by atoms with Gasteiger partial charge in [-0.15, -0.1) is 0 Å². The summed E-state index contributed by atoms with van der Waals surface area (Å²) in [6.45, 7) is 8.76. The molecule has 2 fully saturated rings. The molecule has 182 valence electrons. The monoisotopic (exact) mass is 552 g/mol. The zero-order chi connectivity index (χ0) is 22.0. The second-order valence-electron chi connectivity index (χ2n) is 10.6. The molecule has 0 radical (unpaired) electrons. The van der Waals surface area contributed by atoms with Crippen LogP contribution < -0.4 is 24.0 Å². The summed E-state index contributed by atoms with van der Waals surface area (Å²) in [5.41, 5.74) is -0.482. The van der Waals surface area contributed by atoms with Gasteiger partial charge in [0, 0.05) is 0 Å². The van der Waals surface area contributed by atoms with Crippen molar-refractivity contribution in [3.05, 3.63) is 0 Å². The maximum Gasteiger partial charge on any atom is 0.410 e. The van der Waals surface area contributed by atoms with E-state index in [1.807, 2.05) is 20.8 Å². The number of esters is 1. The normalized spacial score (nSPS) is 21.7. The molecule has 0 N–H and O–H groups in total. The lowest BCUT2D eigenvalue weighted by molar-refractivity contribution is -0.906. The van der Waals surface area contributed by atoms with Gasteiger partial charge in [0.05, 0.1) is 33.2 Å². The number of amides is 1. The Morgan fingerprint density at radius 3 is 1.77 bits per heavy atom. The number of ether oxygens (including phenoxy) is 2. The molecule has 1 amide bonds. The van der Waals surface area contributed by atoms with Crippen LogP contribution in [0.1, 0.15) is 91.4 Å². The van der Waals surface area contributed by atoms with Crippen molar-refractivity contribution >= 4 is 12.1 Å². The quantitative estimate of drug-likeness (QED) is 0.305. The van der Waals surface area contributed by atoms with E-state index in [1.165, 1.54) is 44.9 Å². The van der Waals surface area contributed by atoms with Crippen molar-refractivity contribution in [2.45, 2.75) is 103 Å².